The molecule has 3 aliphatic rings. The molecule has 1 aliphatic heterocycles. The summed E-state index contributed by atoms with van der Waals surface area (Å²) in [5, 5.41) is 3.80. The maximum atomic E-state index is 14.1. The highest BCUT2D eigenvalue weighted by molar-refractivity contribution is 6.04. The zero-order chi connectivity index (χ0) is 30.2. The molecular formula is C35H37NO7. The molecule has 43 heavy (non-hydrogen) atoms. The van der Waals surface area contributed by atoms with Gasteiger partial charge >= 0.3 is 5.97 Å². The lowest BCUT2D eigenvalue weighted by Gasteiger charge is -2.36. The number of nitrogens with one attached hydrogen (secondary N) is 1. The predicted octanol–water partition coefficient (Wildman–Crippen LogP) is 6.36. The van der Waals surface area contributed by atoms with Gasteiger partial charge < -0.3 is 23.9 Å². The van der Waals surface area contributed by atoms with Crippen LogP contribution in [0.25, 0.3) is 11.0 Å². The number of Topliss-reactive ketones (excluding diaryl/α,β-unsaturated/α-hetero) is 1. The van der Waals surface area contributed by atoms with Crippen LogP contribution < -0.4 is 20.2 Å². The van der Waals surface area contributed by atoms with Crippen molar-refractivity contribution in [2.75, 3.05) is 13.7 Å². The number of hydrogen-bond donors (Lipinski definition) is 1. The molecule has 2 heterocycles. The molecule has 2 aliphatic carbocycles. The molecule has 1 aromatic heterocycles. The van der Waals surface area contributed by atoms with Gasteiger partial charge in [0.2, 0.25) is 0 Å². The van der Waals surface area contributed by atoms with E-state index in [4.69, 9.17) is 18.6 Å². The number of allylic oxidation sites excluding steroid dienone is 3. The number of carbonyl (C=O) groups is 2. The van der Waals surface area contributed by atoms with Gasteiger partial charge in [-0.05, 0) is 88.6 Å². The number of rotatable bonds is 7. The fourth-order valence-electron chi connectivity index (χ4n) is 6.75. The summed E-state index contributed by atoms with van der Waals surface area (Å²) in [6, 6.07) is 11.2. The lowest BCUT2D eigenvalue weighted by Crippen LogP contribution is -2.38. The molecule has 0 unspecified atom stereocenters. The van der Waals surface area contributed by atoms with Crippen molar-refractivity contribution in [3.8, 4) is 11.5 Å². The van der Waals surface area contributed by atoms with Gasteiger partial charge in [-0.2, -0.15) is 0 Å². The molecule has 0 bridgehead atoms. The summed E-state index contributed by atoms with van der Waals surface area (Å²) in [5.74, 6) is -0.385. The number of ether oxygens (including phenoxy) is 3. The first-order valence-electron chi connectivity index (χ1n) is 15.1. The van der Waals surface area contributed by atoms with Crippen molar-refractivity contribution >= 4 is 22.7 Å². The average molecular weight is 584 g/mol. The number of benzene rings is 2. The number of fused-ring (bicyclic) bond motifs is 1. The number of hydrogen-bond acceptors (Lipinski definition) is 8. The molecule has 1 fully saturated rings. The lowest BCUT2D eigenvalue weighted by atomic mass is 9.72. The van der Waals surface area contributed by atoms with Crippen molar-refractivity contribution in [3.63, 3.8) is 0 Å². The third-order valence-corrected chi connectivity index (χ3v) is 8.85. The van der Waals surface area contributed by atoms with Crippen molar-refractivity contribution in [1.82, 2.24) is 5.32 Å². The Balaban J connectivity index is 1.44. The minimum Gasteiger partial charge on any atom is -0.493 e. The number of aryl methyl sites for hydroxylation is 1. The molecule has 8 heteroatoms. The van der Waals surface area contributed by atoms with E-state index in [-0.39, 0.29) is 35.2 Å². The SMILES string of the molecule is CCOc1ccc([C@H]2CC(=O)C3=C(C2)NC(C)=C(C(=O)OC2CCCC2)[C@H]3c2coc3ccc(C)cc3c2=O)cc1OC. The number of esters is 1. The van der Waals surface area contributed by atoms with E-state index in [2.05, 4.69) is 5.32 Å². The Hall–Kier alpha value is -4.33. The van der Waals surface area contributed by atoms with Crippen LogP contribution in [0.5, 0.6) is 11.5 Å². The fraction of sp³-hybridized carbons (Fsp3) is 0.400. The van der Waals surface area contributed by atoms with Gasteiger partial charge in [-0.1, -0.05) is 17.7 Å². The second-order valence-electron chi connectivity index (χ2n) is 11.7. The normalized spacial score (nSPS) is 20.7. The van der Waals surface area contributed by atoms with E-state index < -0.39 is 11.9 Å². The van der Waals surface area contributed by atoms with E-state index in [0.29, 0.717) is 58.0 Å². The Morgan fingerprint density at radius 1 is 1.02 bits per heavy atom. The number of carbonyl (C=O) groups excluding carboxylic acids is 2. The highest BCUT2D eigenvalue weighted by atomic mass is 16.5. The largest absolute Gasteiger partial charge is 0.493 e. The molecule has 3 aromatic rings. The first-order chi connectivity index (χ1) is 20.8. The van der Waals surface area contributed by atoms with E-state index in [1.54, 1.807) is 19.2 Å². The quantitative estimate of drug-likeness (QED) is 0.321. The maximum absolute atomic E-state index is 14.1. The van der Waals surface area contributed by atoms with Crippen molar-refractivity contribution < 1.29 is 28.2 Å². The van der Waals surface area contributed by atoms with Crippen LogP contribution in [-0.4, -0.2) is 31.6 Å². The summed E-state index contributed by atoms with van der Waals surface area (Å²) in [5.41, 5.74) is 4.33. The number of dihydropyridines is 1. The molecule has 6 rings (SSSR count). The van der Waals surface area contributed by atoms with Gasteiger partial charge in [0.15, 0.2) is 22.7 Å². The molecule has 8 nitrogen and oxygen atoms in total. The maximum Gasteiger partial charge on any atom is 0.337 e. The van der Waals surface area contributed by atoms with Crippen LogP contribution in [-0.2, 0) is 14.3 Å². The fourth-order valence-corrected chi connectivity index (χ4v) is 6.75. The summed E-state index contributed by atoms with van der Waals surface area (Å²) < 4.78 is 23.1. The van der Waals surface area contributed by atoms with Gasteiger partial charge in [0, 0.05) is 29.0 Å². The van der Waals surface area contributed by atoms with Crippen LogP contribution in [0.15, 0.2) is 74.4 Å². The van der Waals surface area contributed by atoms with Crippen molar-refractivity contribution in [2.45, 2.75) is 77.2 Å². The molecule has 1 N–H and O–H groups in total. The standard InChI is InChI=1S/C35H37NO7/c1-5-41-29-13-11-21(17-30(29)40-4)22-15-26-33(27(37)16-22)32(25-18-42-28-12-10-19(2)14-24(28)34(25)38)31(20(3)36-26)35(39)43-23-8-6-7-9-23/h10-14,17-18,22-23,32,36H,5-9,15-16H2,1-4H3/t22-,32-/m1/s1. The smallest absolute Gasteiger partial charge is 0.337 e. The first kappa shape index (κ1) is 28.8. The van der Waals surface area contributed by atoms with Gasteiger partial charge in [0.05, 0.1) is 36.9 Å². The average Bonchev–Trinajstić information content (AvgIpc) is 3.50. The van der Waals surface area contributed by atoms with Gasteiger partial charge in [0.1, 0.15) is 11.7 Å². The Bertz CT molecular complexity index is 1720. The first-order valence-corrected chi connectivity index (χ1v) is 15.1. The van der Waals surface area contributed by atoms with Gasteiger partial charge in [-0.25, -0.2) is 4.79 Å². The van der Waals surface area contributed by atoms with Gasteiger partial charge in [0.25, 0.3) is 0 Å². The van der Waals surface area contributed by atoms with Gasteiger partial charge in [-0.3, -0.25) is 9.59 Å². The van der Waals surface area contributed by atoms with Crippen molar-refractivity contribution in [3.05, 3.63) is 92.1 Å². The highest BCUT2D eigenvalue weighted by Gasteiger charge is 2.43. The summed E-state index contributed by atoms with van der Waals surface area (Å²) in [6.45, 7) is 6.14. The number of ketones is 1. The van der Waals surface area contributed by atoms with E-state index >= 15 is 0 Å². The summed E-state index contributed by atoms with van der Waals surface area (Å²) in [7, 11) is 1.60. The zero-order valence-electron chi connectivity index (χ0n) is 25.1. The van der Waals surface area contributed by atoms with E-state index in [1.807, 2.05) is 45.0 Å². The topological polar surface area (TPSA) is 104 Å². The second-order valence-corrected chi connectivity index (χ2v) is 11.7. The molecule has 224 valence electrons. The third kappa shape index (κ3) is 5.35. The Morgan fingerprint density at radius 3 is 2.56 bits per heavy atom. The third-order valence-electron chi connectivity index (χ3n) is 8.85. The van der Waals surface area contributed by atoms with Crippen LogP contribution in [0.4, 0.5) is 0 Å². The molecule has 1 saturated carbocycles. The molecule has 2 atom stereocenters. The summed E-state index contributed by atoms with van der Waals surface area (Å²) >= 11 is 0. The molecule has 2 aromatic carbocycles. The van der Waals surface area contributed by atoms with Crippen LogP contribution >= 0.6 is 0 Å². The Kier molecular flexibility index (Phi) is 7.86. The van der Waals surface area contributed by atoms with E-state index in [9.17, 15) is 14.4 Å². The monoisotopic (exact) mass is 583 g/mol. The van der Waals surface area contributed by atoms with Crippen LogP contribution in [0.2, 0.25) is 0 Å². The van der Waals surface area contributed by atoms with Gasteiger partial charge in [-0.15, -0.1) is 0 Å². The Labute approximate surface area is 250 Å². The minimum absolute atomic E-state index is 0.126. The zero-order valence-corrected chi connectivity index (χ0v) is 25.1. The lowest BCUT2D eigenvalue weighted by molar-refractivity contribution is -0.144. The van der Waals surface area contributed by atoms with Crippen molar-refractivity contribution in [1.29, 1.82) is 0 Å². The molecule has 0 saturated heterocycles. The van der Waals surface area contributed by atoms with E-state index in [1.165, 1.54) is 6.26 Å². The second kappa shape index (κ2) is 11.7. The summed E-state index contributed by atoms with van der Waals surface area (Å²) in [6.07, 6.45) is 5.63. The molecular weight excluding hydrogens is 546 g/mol. The highest BCUT2D eigenvalue weighted by Crippen LogP contribution is 2.46. The van der Waals surface area contributed by atoms with Crippen LogP contribution in [0.3, 0.4) is 0 Å². The van der Waals surface area contributed by atoms with Crippen molar-refractivity contribution in [2.24, 2.45) is 0 Å². The Morgan fingerprint density at radius 2 is 1.81 bits per heavy atom. The minimum atomic E-state index is -0.894. The summed E-state index contributed by atoms with van der Waals surface area (Å²) in [4.78, 5) is 41.9. The predicted molar refractivity (Wildman–Crippen MR) is 162 cm³/mol. The molecule has 0 amide bonds. The van der Waals surface area contributed by atoms with Crippen LogP contribution in [0, 0.1) is 6.92 Å². The molecule has 0 radical (unpaired) electrons. The molecule has 0 spiro atoms. The van der Waals surface area contributed by atoms with E-state index in [0.717, 1.165) is 36.8 Å². The van der Waals surface area contributed by atoms with Crippen LogP contribution in [0.1, 0.15) is 80.9 Å². The number of methoxy groups -OCH3 is 1.